The molecule has 106 valence electrons. The van der Waals surface area contributed by atoms with Gasteiger partial charge < -0.3 is 10.1 Å². The summed E-state index contributed by atoms with van der Waals surface area (Å²) in [7, 11) is 3.92. The number of methoxy groups -OCH3 is 1. The first-order valence-electron chi connectivity index (χ1n) is 7.20. The summed E-state index contributed by atoms with van der Waals surface area (Å²) < 4.78 is 5.23. The third-order valence-electron chi connectivity index (χ3n) is 3.86. The van der Waals surface area contributed by atoms with Crippen LogP contribution in [0.5, 0.6) is 0 Å². The zero-order valence-electron chi connectivity index (χ0n) is 12.4. The van der Waals surface area contributed by atoms with Gasteiger partial charge in [-0.15, -0.1) is 0 Å². The summed E-state index contributed by atoms with van der Waals surface area (Å²) >= 11 is 0. The molecule has 3 heteroatoms. The van der Waals surface area contributed by atoms with Crippen LogP contribution >= 0.6 is 0 Å². The van der Waals surface area contributed by atoms with Gasteiger partial charge in [-0.05, 0) is 37.9 Å². The Balaban J connectivity index is 1.93. The van der Waals surface area contributed by atoms with Gasteiger partial charge in [-0.2, -0.15) is 0 Å². The molecule has 3 nitrogen and oxygen atoms in total. The summed E-state index contributed by atoms with van der Waals surface area (Å²) in [6.07, 6.45) is 2.68. The van der Waals surface area contributed by atoms with Gasteiger partial charge in [-0.3, -0.25) is 4.90 Å². The van der Waals surface area contributed by atoms with Gasteiger partial charge in [0.05, 0.1) is 6.61 Å². The molecule has 2 rings (SSSR count). The van der Waals surface area contributed by atoms with Crippen LogP contribution in [0.4, 0.5) is 0 Å². The van der Waals surface area contributed by atoms with Gasteiger partial charge in [-0.25, -0.2) is 0 Å². The van der Waals surface area contributed by atoms with Gasteiger partial charge in [0.1, 0.15) is 0 Å². The molecule has 0 heterocycles. The maximum Gasteiger partial charge on any atom is 0.0615 e. The fourth-order valence-electron chi connectivity index (χ4n) is 2.22. The standard InChI is InChI=1S/C16H26N2O/c1-13(12-19-3)18(2)11-15-7-5-4-6-14(15)10-17-16-8-9-16/h4-7,13,16-17H,8-12H2,1-3H3. The molecule has 1 saturated carbocycles. The summed E-state index contributed by atoms with van der Waals surface area (Å²) in [5.74, 6) is 0. The Morgan fingerprint density at radius 2 is 2.00 bits per heavy atom. The number of hydrogen-bond donors (Lipinski definition) is 1. The van der Waals surface area contributed by atoms with E-state index in [4.69, 9.17) is 4.74 Å². The second kappa shape index (κ2) is 7.04. The minimum Gasteiger partial charge on any atom is -0.383 e. The average Bonchev–Trinajstić information content (AvgIpc) is 3.22. The normalized spacial score (nSPS) is 16.8. The van der Waals surface area contributed by atoms with Gasteiger partial charge in [0.2, 0.25) is 0 Å². The van der Waals surface area contributed by atoms with Gasteiger partial charge >= 0.3 is 0 Å². The quantitative estimate of drug-likeness (QED) is 0.778. The first-order valence-corrected chi connectivity index (χ1v) is 7.20. The molecule has 0 radical (unpaired) electrons. The number of hydrogen-bond acceptors (Lipinski definition) is 3. The van der Waals surface area contributed by atoms with Crippen molar-refractivity contribution >= 4 is 0 Å². The molecule has 0 aliphatic heterocycles. The third-order valence-corrected chi connectivity index (χ3v) is 3.86. The van der Waals surface area contributed by atoms with E-state index >= 15 is 0 Å². The number of nitrogens with one attached hydrogen (secondary N) is 1. The Hall–Kier alpha value is -0.900. The lowest BCUT2D eigenvalue weighted by Gasteiger charge is -2.25. The van der Waals surface area contributed by atoms with Crippen LogP contribution in [-0.4, -0.2) is 37.7 Å². The predicted octanol–water partition coefficient (Wildman–Crippen LogP) is 2.41. The van der Waals surface area contributed by atoms with E-state index in [0.717, 1.165) is 25.7 Å². The maximum atomic E-state index is 5.23. The zero-order valence-corrected chi connectivity index (χ0v) is 12.4. The second-order valence-electron chi connectivity index (χ2n) is 5.64. The van der Waals surface area contributed by atoms with E-state index in [1.165, 1.54) is 24.0 Å². The van der Waals surface area contributed by atoms with E-state index in [1.54, 1.807) is 7.11 Å². The highest BCUT2D eigenvalue weighted by atomic mass is 16.5. The van der Waals surface area contributed by atoms with E-state index in [1.807, 2.05) is 0 Å². The maximum absolute atomic E-state index is 5.23. The van der Waals surface area contributed by atoms with Crippen LogP contribution < -0.4 is 5.32 Å². The van der Waals surface area contributed by atoms with Crippen molar-refractivity contribution in [3.63, 3.8) is 0 Å². The Bertz CT molecular complexity index is 390. The molecule has 1 aromatic rings. The van der Waals surface area contributed by atoms with E-state index in [-0.39, 0.29) is 0 Å². The van der Waals surface area contributed by atoms with Crippen LogP contribution in [0.3, 0.4) is 0 Å². The average molecular weight is 262 g/mol. The van der Waals surface area contributed by atoms with Crippen molar-refractivity contribution < 1.29 is 4.74 Å². The third kappa shape index (κ3) is 4.60. The lowest BCUT2D eigenvalue weighted by molar-refractivity contribution is 0.112. The largest absolute Gasteiger partial charge is 0.383 e. The Labute approximate surface area is 116 Å². The molecule has 1 N–H and O–H groups in total. The minimum atomic E-state index is 0.439. The number of nitrogens with zero attached hydrogens (tertiary/aromatic N) is 1. The summed E-state index contributed by atoms with van der Waals surface area (Å²) in [6, 6.07) is 9.93. The van der Waals surface area contributed by atoms with Gasteiger partial charge in [-0.1, -0.05) is 24.3 Å². The smallest absolute Gasteiger partial charge is 0.0615 e. The van der Waals surface area contributed by atoms with E-state index in [9.17, 15) is 0 Å². The van der Waals surface area contributed by atoms with Crippen LogP contribution in [0.15, 0.2) is 24.3 Å². The predicted molar refractivity (Wildman–Crippen MR) is 79.1 cm³/mol. The van der Waals surface area contributed by atoms with E-state index in [2.05, 4.69) is 48.5 Å². The Morgan fingerprint density at radius 3 is 2.63 bits per heavy atom. The van der Waals surface area contributed by atoms with Crippen molar-refractivity contribution in [2.24, 2.45) is 0 Å². The van der Waals surface area contributed by atoms with Crippen LogP contribution in [0.1, 0.15) is 30.9 Å². The van der Waals surface area contributed by atoms with Crippen molar-refractivity contribution in [3.05, 3.63) is 35.4 Å². The topological polar surface area (TPSA) is 24.5 Å². The zero-order chi connectivity index (χ0) is 13.7. The summed E-state index contributed by atoms with van der Waals surface area (Å²) in [5.41, 5.74) is 2.84. The number of benzene rings is 1. The van der Waals surface area contributed by atoms with Crippen LogP contribution in [0.2, 0.25) is 0 Å². The molecule has 1 fully saturated rings. The van der Waals surface area contributed by atoms with E-state index < -0.39 is 0 Å². The molecule has 0 aromatic heterocycles. The van der Waals surface area contributed by atoms with Crippen molar-refractivity contribution in [1.82, 2.24) is 10.2 Å². The van der Waals surface area contributed by atoms with Crippen LogP contribution in [-0.2, 0) is 17.8 Å². The van der Waals surface area contributed by atoms with Crippen LogP contribution in [0, 0.1) is 0 Å². The lowest BCUT2D eigenvalue weighted by Crippen LogP contribution is -2.32. The molecule has 1 atom stereocenters. The molecule has 0 saturated heterocycles. The summed E-state index contributed by atoms with van der Waals surface area (Å²) in [6.45, 7) is 4.95. The van der Waals surface area contributed by atoms with Gasteiger partial charge in [0.25, 0.3) is 0 Å². The highest BCUT2D eigenvalue weighted by molar-refractivity contribution is 5.27. The Morgan fingerprint density at radius 1 is 1.32 bits per heavy atom. The van der Waals surface area contributed by atoms with Crippen molar-refractivity contribution in [3.8, 4) is 0 Å². The van der Waals surface area contributed by atoms with Gasteiger partial charge in [0, 0.05) is 32.3 Å². The molecule has 0 spiro atoms. The minimum absolute atomic E-state index is 0.439. The Kier molecular flexibility index (Phi) is 5.37. The van der Waals surface area contributed by atoms with E-state index in [0.29, 0.717) is 6.04 Å². The monoisotopic (exact) mass is 262 g/mol. The number of rotatable bonds is 8. The van der Waals surface area contributed by atoms with Crippen molar-refractivity contribution in [2.45, 2.75) is 44.9 Å². The SMILES string of the molecule is COCC(C)N(C)Cc1ccccc1CNC1CC1. The second-order valence-corrected chi connectivity index (χ2v) is 5.64. The highest BCUT2D eigenvalue weighted by Gasteiger charge is 2.20. The first kappa shape index (κ1) is 14.5. The molecule has 1 unspecified atom stereocenters. The molecule has 1 aliphatic rings. The fourth-order valence-corrected chi connectivity index (χ4v) is 2.22. The molecular weight excluding hydrogens is 236 g/mol. The molecule has 19 heavy (non-hydrogen) atoms. The van der Waals surface area contributed by atoms with Gasteiger partial charge in [0.15, 0.2) is 0 Å². The lowest BCUT2D eigenvalue weighted by atomic mass is 10.1. The number of ether oxygens (including phenoxy) is 1. The molecule has 1 aliphatic carbocycles. The molecular formula is C16H26N2O. The first-order chi connectivity index (χ1) is 9.20. The summed E-state index contributed by atoms with van der Waals surface area (Å²) in [5, 5.41) is 3.60. The van der Waals surface area contributed by atoms with Crippen molar-refractivity contribution in [2.75, 3.05) is 20.8 Å². The number of likely N-dealkylation sites (N-methyl/N-ethyl adjacent to an activating group) is 1. The fraction of sp³-hybridized carbons (Fsp3) is 0.625. The highest BCUT2D eigenvalue weighted by Crippen LogP contribution is 2.20. The molecule has 1 aromatic carbocycles. The molecule has 0 amide bonds. The van der Waals surface area contributed by atoms with Crippen LogP contribution in [0.25, 0.3) is 0 Å². The summed E-state index contributed by atoms with van der Waals surface area (Å²) in [4.78, 5) is 2.35. The molecule has 0 bridgehead atoms. The van der Waals surface area contributed by atoms with Crippen molar-refractivity contribution in [1.29, 1.82) is 0 Å².